The van der Waals surface area contributed by atoms with E-state index in [1.807, 2.05) is 0 Å². The first kappa shape index (κ1) is 15.2. The van der Waals surface area contributed by atoms with Gasteiger partial charge in [0.25, 0.3) is 0 Å². The third kappa shape index (κ3) is 8.10. The Morgan fingerprint density at radius 3 is 1.73 bits per heavy atom. The normalized spacial score (nSPS) is 15.2. The molecule has 0 amide bonds. The number of quaternary nitrogens is 1. The van der Waals surface area contributed by atoms with Crippen molar-refractivity contribution in [3.63, 3.8) is 0 Å². The van der Waals surface area contributed by atoms with Gasteiger partial charge in [0, 0.05) is 0 Å². The topological polar surface area (TPSA) is 0 Å². The molecule has 2 heteroatoms. The van der Waals surface area contributed by atoms with E-state index in [0.29, 0.717) is 0 Å². The van der Waals surface area contributed by atoms with Crippen LogP contribution in [0.1, 0.15) is 58.8 Å². The van der Waals surface area contributed by atoms with Gasteiger partial charge in [-0.2, -0.15) is 0 Å². The lowest BCUT2D eigenvalue weighted by Crippen LogP contribution is -2.44. The summed E-state index contributed by atoms with van der Waals surface area (Å²) in [4.78, 5) is 0. The summed E-state index contributed by atoms with van der Waals surface area (Å²) < 4.78 is 1.06. The highest BCUT2D eigenvalue weighted by molar-refractivity contribution is 6.16. The molecular weight excluding hydrogens is 206 g/mol. The van der Waals surface area contributed by atoms with E-state index in [4.69, 9.17) is 11.6 Å². The highest BCUT2D eigenvalue weighted by atomic mass is 35.5. The average Bonchev–Trinajstić information content (AvgIpc) is 2.25. The summed E-state index contributed by atoms with van der Waals surface area (Å²) in [6.45, 7) is 7.03. The molecular formula is C13H29ClN+. The van der Waals surface area contributed by atoms with Crippen molar-refractivity contribution in [2.24, 2.45) is 0 Å². The van der Waals surface area contributed by atoms with Gasteiger partial charge in [-0.05, 0) is 25.7 Å². The van der Waals surface area contributed by atoms with Crippen LogP contribution in [-0.2, 0) is 0 Å². The zero-order chi connectivity index (χ0) is 11.6. The first-order valence-corrected chi connectivity index (χ1v) is 7.11. The lowest BCUT2D eigenvalue weighted by atomic mass is 10.1. The zero-order valence-electron chi connectivity index (χ0n) is 10.9. The predicted molar refractivity (Wildman–Crippen MR) is 70.3 cm³/mol. The predicted octanol–water partition coefficient (Wildman–Crippen LogP) is 4.40. The molecule has 0 fully saturated rings. The molecule has 0 saturated carbocycles. The molecule has 0 rings (SSSR count). The van der Waals surface area contributed by atoms with Crippen molar-refractivity contribution < 1.29 is 4.48 Å². The van der Waals surface area contributed by atoms with Crippen LogP contribution in [-0.4, -0.2) is 30.6 Å². The van der Waals surface area contributed by atoms with E-state index in [9.17, 15) is 0 Å². The van der Waals surface area contributed by atoms with Gasteiger partial charge in [-0.1, -0.05) is 44.7 Å². The van der Waals surface area contributed by atoms with E-state index in [-0.39, 0.29) is 0 Å². The lowest BCUT2D eigenvalue weighted by molar-refractivity contribution is -0.899. The second kappa shape index (κ2) is 9.47. The Morgan fingerprint density at radius 1 is 0.800 bits per heavy atom. The maximum absolute atomic E-state index is 6.07. The Morgan fingerprint density at radius 2 is 1.27 bits per heavy atom. The fourth-order valence-corrected chi connectivity index (χ4v) is 2.13. The number of hydrogen-bond donors (Lipinski definition) is 0. The SMILES string of the molecule is CCCCCC[N+](C)(CCl)CCCCC. The molecule has 1 nitrogen and oxygen atoms in total. The molecule has 0 aliphatic heterocycles. The molecule has 0 aromatic rings. The monoisotopic (exact) mass is 234 g/mol. The second-order valence-corrected chi connectivity index (χ2v) is 5.19. The van der Waals surface area contributed by atoms with E-state index >= 15 is 0 Å². The van der Waals surface area contributed by atoms with Crippen LogP contribution in [0.15, 0.2) is 0 Å². The van der Waals surface area contributed by atoms with Crippen LogP contribution in [0.3, 0.4) is 0 Å². The van der Waals surface area contributed by atoms with Crippen molar-refractivity contribution in [1.29, 1.82) is 0 Å². The molecule has 0 heterocycles. The van der Waals surface area contributed by atoms with Gasteiger partial charge >= 0.3 is 0 Å². The highest BCUT2D eigenvalue weighted by Gasteiger charge is 2.18. The highest BCUT2D eigenvalue weighted by Crippen LogP contribution is 2.12. The summed E-state index contributed by atoms with van der Waals surface area (Å²) in [5.74, 6) is 0. The lowest BCUT2D eigenvalue weighted by Gasteiger charge is -2.32. The number of hydrogen-bond acceptors (Lipinski definition) is 0. The van der Waals surface area contributed by atoms with Crippen LogP contribution in [0, 0.1) is 0 Å². The Balaban J connectivity index is 3.65. The summed E-state index contributed by atoms with van der Waals surface area (Å²) in [6.07, 6.45) is 9.38. The van der Waals surface area contributed by atoms with Gasteiger partial charge in [0.2, 0.25) is 0 Å². The maximum Gasteiger partial charge on any atom is 0.154 e. The number of alkyl halides is 1. The number of unbranched alkanes of at least 4 members (excludes halogenated alkanes) is 5. The third-order valence-corrected chi connectivity index (χ3v) is 3.72. The minimum Gasteiger partial charge on any atom is -0.313 e. The molecule has 0 saturated heterocycles. The van der Waals surface area contributed by atoms with Gasteiger partial charge in [0.05, 0.1) is 20.1 Å². The first-order chi connectivity index (χ1) is 7.18. The largest absolute Gasteiger partial charge is 0.313 e. The van der Waals surface area contributed by atoms with Crippen molar-refractivity contribution in [3.8, 4) is 0 Å². The Labute approximate surface area is 101 Å². The van der Waals surface area contributed by atoms with E-state index in [1.165, 1.54) is 58.0 Å². The molecule has 0 radical (unpaired) electrons. The minimum atomic E-state index is 0.774. The summed E-state index contributed by atoms with van der Waals surface area (Å²) in [6, 6.07) is 0.774. The van der Waals surface area contributed by atoms with Crippen LogP contribution >= 0.6 is 11.6 Å². The van der Waals surface area contributed by atoms with Crippen molar-refractivity contribution in [3.05, 3.63) is 0 Å². The summed E-state index contributed by atoms with van der Waals surface area (Å²) in [7, 11) is 2.30. The average molecular weight is 235 g/mol. The molecule has 92 valence electrons. The Hall–Kier alpha value is 0.250. The van der Waals surface area contributed by atoms with Gasteiger partial charge in [0.1, 0.15) is 0 Å². The van der Waals surface area contributed by atoms with Crippen LogP contribution in [0.25, 0.3) is 0 Å². The van der Waals surface area contributed by atoms with Gasteiger partial charge in [-0.25, -0.2) is 0 Å². The molecule has 0 aromatic heterocycles. The standard InChI is InChI=1S/C13H29ClN/c1-4-6-8-10-12-15(3,13-14)11-9-7-5-2/h4-13H2,1-3H3/q+1. The van der Waals surface area contributed by atoms with Crippen LogP contribution in [0.5, 0.6) is 0 Å². The van der Waals surface area contributed by atoms with Crippen LogP contribution < -0.4 is 0 Å². The van der Waals surface area contributed by atoms with Crippen molar-refractivity contribution >= 4 is 11.6 Å². The van der Waals surface area contributed by atoms with Gasteiger partial charge < -0.3 is 4.48 Å². The van der Waals surface area contributed by atoms with E-state index in [0.717, 1.165) is 10.5 Å². The van der Waals surface area contributed by atoms with E-state index in [2.05, 4.69) is 20.9 Å². The van der Waals surface area contributed by atoms with Crippen LogP contribution in [0.2, 0.25) is 0 Å². The summed E-state index contributed by atoms with van der Waals surface area (Å²) in [5.41, 5.74) is 0. The fraction of sp³-hybridized carbons (Fsp3) is 1.00. The van der Waals surface area contributed by atoms with Gasteiger partial charge in [-0.3, -0.25) is 0 Å². The van der Waals surface area contributed by atoms with Gasteiger partial charge in [-0.15, -0.1) is 0 Å². The van der Waals surface area contributed by atoms with Crippen molar-refractivity contribution in [2.75, 3.05) is 26.1 Å². The smallest absolute Gasteiger partial charge is 0.154 e. The molecule has 1 atom stereocenters. The minimum absolute atomic E-state index is 0.774. The fourth-order valence-electron chi connectivity index (χ4n) is 1.90. The van der Waals surface area contributed by atoms with E-state index in [1.54, 1.807) is 0 Å². The maximum atomic E-state index is 6.07. The Bertz CT molecular complexity index is 138. The second-order valence-electron chi connectivity index (χ2n) is 4.95. The summed E-state index contributed by atoms with van der Waals surface area (Å²) >= 11 is 6.07. The number of rotatable bonds is 10. The molecule has 15 heavy (non-hydrogen) atoms. The van der Waals surface area contributed by atoms with Gasteiger partial charge in [0.15, 0.2) is 6.00 Å². The number of halogens is 1. The van der Waals surface area contributed by atoms with Crippen molar-refractivity contribution in [1.82, 2.24) is 0 Å². The zero-order valence-corrected chi connectivity index (χ0v) is 11.7. The molecule has 0 spiro atoms. The number of nitrogens with zero attached hydrogens (tertiary/aromatic N) is 1. The molecule has 0 N–H and O–H groups in total. The quantitative estimate of drug-likeness (QED) is 0.228. The molecule has 0 aliphatic carbocycles. The first-order valence-electron chi connectivity index (χ1n) is 6.58. The van der Waals surface area contributed by atoms with Crippen molar-refractivity contribution in [2.45, 2.75) is 58.8 Å². The molecule has 1 unspecified atom stereocenters. The molecule has 0 aromatic carbocycles. The Kier molecular flexibility index (Phi) is 9.63. The molecule has 0 bridgehead atoms. The summed E-state index contributed by atoms with van der Waals surface area (Å²) in [5, 5.41) is 0. The molecule has 0 aliphatic rings. The third-order valence-electron chi connectivity index (χ3n) is 3.14. The van der Waals surface area contributed by atoms with Crippen LogP contribution in [0.4, 0.5) is 0 Å². The van der Waals surface area contributed by atoms with E-state index < -0.39 is 0 Å².